The highest BCUT2D eigenvalue weighted by molar-refractivity contribution is 5.00. The van der Waals surface area contributed by atoms with Gasteiger partial charge in [0.25, 0.3) is 0 Å². The van der Waals surface area contributed by atoms with Gasteiger partial charge in [-0.05, 0) is 31.9 Å². The maximum Gasteiger partial charge on any atom is 0.0203 e. The Bertz CT molecular complexity index is 232. The van der Waals surface area contributed by atoms with E-state index in [1.807, 2.05) is 0 Å². The molecule has 1 N–H and O–H groups in total. The van der Waals surface area contributed by atoms with Crippen LogP contribution in [-0.4, -0.2) is 61.7 Å². The van der Waals surface area contributed by atoms with Crippen LogP contribution >= 0.6 is 0 Å². The van der Waals surface area contributed by atoms with Crippen molar-refractivity contribution in [2.24, 2.45) is 0 Å². The van der Waals surface area contributed by atoms with Crippen LogP contribution in [0, 0.1) is 0 Å². The molecule has 18 heavy (non-hydrogen) atoms. The third kappa shape index (κ3) is 5.51. The Morgan fingerprint density at radius 1 is 1.22 bits per heavy atom. The van der Waals surface area contributed by atoms with Crippen molar-refractivity contribution in [2.75, 3.05) is 45.8 Å². The minimum Gasteiger partial charge on any atom is -0.313 e. The summed E-state index contributed by atoms with van der Waals surface area (Å²) in [5.41, 5.74) is 1.32. The molecule has 3 nitrogen and oxygen atoms in total. The zero-order valence-corrected chi connectivity index (χ0v) is 12.5. The molecule has 1 aliphatic rings. The molecule has 0 aliphatic carbocycles. The van der Waals surface area contributed by atoms with Crippen molar-refractivity contribution in [3.8, 4) is 0 Å². The molecule has 0 aromatic heterocycles. The summed E-state index contributed by atoms with van der Waals surface area (Å²) in [4.78, 5) is 5.14. The van der Waals surface area contributed by atoms with Crippen molar-refractivity contribution < 1.29 is 0 Å². The SMILES string of the molecule is C=C(CNCCC)CN1CCN(C(C)CC)CC1. The lowest BCUT2D eigenvalue weighted by atomic mass is 10.1. The van der Waals surface area contributed by atoms with E-state index in [2.05, 4.69) is 42.5 Å². The van der Waals surface area contributed by atoms with Crippen LogP contribution in [0.5, 0.6) is 0 Å². The summed E-state index contributed by atoms with van der Waals surface area (Å²) in [5, 5.41) is 3.42. The molecule has 0 radical (unpaired) electrons. The zero-order chi connectivity index (χ0) is 13.4. The number of hydrogen-bond acceptors (Lipinski definition) is 3. The lowest BCUT2D eigenvalue weighted by Gasteiger charge is -2.38. The molecule has 0 saturated carbocycles. The first kappa shape index (κ1) is 15.7. The lowest BCUT2D eigenvalue weighted by Crippen LogP contribution is -2.50. The molecular formula is C15H31N3. The molecule has 0 amide bonds. The smallest absolute Gasteiger partial charge is 0.0203 e. The van der Waals surface area contributed by atoms with Crippen LogP contribution in [-0.2, 0) is 0 Å². The summed E-state index contributed by atoms with van der Waals surface area (Å²) in [6, 6.07) is 0.738. The fourth-order valence-electron chi connectivity index (χ4n) is 2.43. The first-order chi connectivity index (χ1) is 8.67. The van der Waals surface area contributed by atoms with Crippen LogP contribution in [0.25, 0.3) is 0 Å². The van der Waals surface area contributed by atoms with Gasteiger partial charge in [0.2, 0.25) is 0 Å². The topological polar surface area (TPSA) is 18.5 Å². The van der Waals surface area contributed by atoms with Crippen LogP contribution in [0.3, 0.4) is 0 Å². The van der Waals surface area contributed by atoms with E-state index in [9.17, 15) is 0 Å². The summed E-state index contributed by atoms with van der Waals surface area (Å²) in [6.07, 6.45) is 2.45. The van der Waals surface area contributed by atoms with Crippen molar-refractivity contribution >= 4 is 0 Å². The van der Waals surface area contributed by atoms with Crippen molar-refractivity contribution in [3.05, 3.63) is 12.2 Å². The Balaban J connectivity index is 2.17. The summed E-state index contributed by atoms with van der Waals surface area (Å²) in [6.45, 7) is 18.9. The van der Waals surface area contributed by atoms with Gasteiger partial charge >= 0.3 is 0 Å². The minimum absolute atomic E-state index is 0.738. The van der Waals surface area contributed by atoms with Crippen molar-refractivity contribution in [1.82, 2.24) is 15.1 Å². The first-order valence-electron chi connectivity index (χ1n) is 7.51. The van der Waals surface area contributed by atoms with E-state index in [-0.39, 0.29) is 0 Å². The van der Waals surface area contributed by atoms with Gasteiger partial charge in [-0.15, -0.1) is 0 Å². The molecule has 106 valence electrons. The van der Waals surface area contributed by atoms with Gasteiger partial charge in [-0.1, -0.05) is 20.4 Å². The zero-order valence-electron chi connectivity index (χ0n) is 12.5. The van der Waals surface area contributed by atoms with Crippen LogP contribution in [0.15, 0.2) is 12.2 Å². The lowest BCUT2D eigenvalue weighted by molar-refractivity contribution is 0.106. The molecule has 1 unspecified atom stereocenters. The van der Waals surface area contributed by atoms with Gasteiger partial charge in [0.05, 0.1) is 0 Å². The largest absolute Gasteiger partial charge is 0.313 e. The normalized spacial score (nSPS) is 19.9. The second-order valence-electron chi connectivity index (χ2n) is 5.50. The molecule has 0 aromatic carbocycles. The average molecular weight is 253 g/mol. The number of rotatable bonds is 8. The molecule has 1 aliphatic heterocycles. The van der Waals surface area contributed by atoms with Crippen LogP contribution in [0.4, 0.5) is 0 Å². The molecule has 1 atom stereocenters. The minimum atomic E-state index is 0.738. The number of piperazine rings is 1. The maximum absolute atomic E-state index is 4.17. The quantitative estimate of drug-likeness (QED) is 0.527. The molecule has 1 fully saturated rings. The second-order valence-corrected chi connectivity index (χ2v) is 5.50. The van der Waals surface area contributed by atoms with E-state index in [0.717, 1.165) is 25.7 Å². The van der Waals surface area contributed by atoms with Crippen LogP contribution in [0.1, 0.15) is 33.6 Å². The standard InChI is InChI=1S/C15H31N3/c1-5-7-16-12-14(3)13-17-8-10-18(11-9-17)15(4)6-2/h15-16H,3,5-13H2,1-2,4H3. The predicted molar refractivity (Wildman–Crippen MR) is 80.1 cm³/mol. The highest BCUT2D eigenvalue weighted by Crippen LogP contribution is 2.09. The van der Waals surface area contributed by atoms with E-state index in [1.165, 1.54) is 44.6 Å². The van der Waals surface area contributed by atoms with Gasteiger partial charge in [0, 0.05) is 45.3 Å². The van der Waals surface area contributed by atoms with E-state index >= 15 is 0 Å². The fraction of sp³-hybridized carbons (Fsp3) is 0.867. The van der Waals surface area contributed by atoms with Gasteiger partial charge in [-0.25, -0.2) is 0 Å². The van der Waals surface area contributed by atoms with Crippen LogP contribution < -0.4 is 5.32 Å². The third-order valence-electron chi connectivity index (χ3n) is 3.87. The molecule has 3 heteroatoms. The molecule has 1 heterocycles. The van der Waals surface area contributed by atoms with Gasteiger partial charge in [-0.3, -0.25) is 9.80 Å². The highest BCUT2D eigenvalue weighted by atomic mass is 15.3. The second kappa shape index (κ2) is 8.68. The molecule has 1 saturated heterocycles. The van der Waals surface area contributed by atoms with E-state index < -0.39 is 0 Å². The van der Waals surface area contributed by atoms with Crippen LogP contribution in [0.2, 0.25) is 0 Å². The Morgan fingerprint density at radius 3 is 2.44 bits per heavy atom. The predicted octanol–water partition coefficient (Wildman–Crippen LogP) is 1.96. The fourth-order valence-corrected chi connectivity index (χ4v) is 2.43. The Morgan fingerprint density at radius 2 is 1.89 bits per heavy atom. The van der Waals surface area contributed by atoms with Gasteiger partial charge in [-0.2, -0.15) is 0 Å². The summed E-state index contributed by atoms with van der Waals surface area (Å²) in [5.74, 6) is 0. The molecular weight excluding hydrogens is 222 g/mol. The average Bonchev–Trinajstić information content (AvgIpc) is 2.39. The highest BCUT2D eigenvalue weighted by Gasteiger charge is 2.19. The monoisotopic (exact) mass is 253 g/mol. The van der Waals surface area contributed by atoms with E-state index in [0.29, 0.717) is 0 Å². The Hall–Kier alpha value is -0.380. The maximum atomic E-state index is 4.17. The van der Waals surface area contributed by atoms with Crippen molar-refractivity contribution in [2.45, 2.75) is 39.7 Å². The summed E-state index contributed by atoms with van der Waals surface area (Å²) in [7, 11) is 0. The number of nitrogens with zero attached hydrogens (tertiary/aromatic N) is 2. The Kier molecular flexibility index (Phi) is 7.56. The molecule has 0 aromatic rings. The van der Waals surface area contributed by atoms with Crippen molar-refractivity contribution in [3.63, 3.8) is 0 Å². The summed E-state index contributed by atoms with van der Waals surface area (Å²) >= 11 is 0. The van der Waals surface area contributed by atoms with E-state index in [4.69, 9.17) is 0 Å². The molecule has 1 rings (SSSR count). The third-order valence-corrected chi connectivity index (χ3v) is 3.87. The number of hydrogen-bond donors (Lipinski definition) is 1. The molecule has 0 bridgehead atoms. The molecule has 0 spiro atoms. The van der Waals surface area contributed by atoms with E-state index in [1.54, 1.807) is 0 Å². The van der Waals surface area contributed by atoms with Gasteiger partial charge in [0.15, 0.2) is 0 Å². The Labute approximate surface area is 113 Å². The summed E-state index contributed by atoms with van der Waals surface area (Å²) < 4.78 is 0. The number of nitrogens with one attached hydrogen (secondary N) is 1. The van der Waals surface area contributed by atoms with Gasteiger partial charge < -0.3 is 5.32 Å². The first-order valence-corrected chi connectivity index (χ1v) is 7.51. The van der Waals surface area contributed by atoms with Gasteiger partial charge in [0.1, 0.15) is 0 Å². The van der Waals surface area contributed by atoms with Crippen molar-refractivity contribution in [1.29, 1.82) is 0 Å².